The fourth-order valence-electron chi connectivity index (χ4n) is 3.43. The summed E-state index contributed by atoms with van der Waals surface area (Å²) >= 11 is 0. The zero-order valence-electron chi connectivity index (χ0n) is 15.6. The minimum Gasteiger partial charge on any atom is -0.308 e. The molecule has 26 heavy (non-hydrogen) atoms. The molecule has 0 aliphatic carbocycles. The highest BCUT2D eigenvalue weighted by atomic mass is 32.2. The molecule has 0 saturated heterocycles. The highest BCUT2D eigenvalue weighted by Gasteiger charge is 2.26. The molecule has 0 radical (unpaired) electrons. The molecule has 0 aromatic heterocycles. The average molecular weight is 372 g/mol. The number of rotatable bonds is 3. The van der Waals surface area contributed by atoms with Crippen LogP contribution in [0.5, 0.6) is 0 Å². The number of hydrogen-bond acceptors (Lipinski definition) is 3. The van der Waals surface area contributed by atoms with Crippen molar-refractivity contribution in [1.29, 1.82) is 0 Å². The van der Waals surface area contributed by atoms with E-state index in [1.807, 2.05) is 26.0 Å². The minimum atomic E-state index is -3.62. The van der Waals surface area contributed by atoms with Gasteiger partial charge in [0.2, 0.25) is 10.0 Å². The molecule has 6 heteroatoms. The summed E-state index contributed by atoms with van der Waals surface area (Å²) in [6.45, 7) is 6.26. The van der Waals surface area contributed by atoms with Gasteiger partial charge in [0.05, 0.1) is 4.90 Å². The second-order valence-electron chi connectivity index (χ2n) is 6.82. The third-order valence-corrected chi connectivity index (χ3v) is 6.56. The van der Waals surface area contributed by atoms with Gasteiger partial charge in [-0.25, -0.2) is 13.1 Å². The van der Waals surface area contributed by atoms with Gasteiger partial charge in [0, 0.05) is 17.8 Å². The number of anilines is 1. The number of fused-ring (bicyclic) bond motifs is 1. The van der Waals surface area contributed by atoms with E-state index >= 15 is 0 Å². The van der Waals surface area contributed by atoms with E-state index in [0.29, 0.717) is 17.7 Å². The smallest absolute Gasteiger partial charge is 0.258 e. The summed E-state index contributed by atoms with van der Waals surface area (Å²) in [6.07, 6.45) is 1.85. The number of amides is 1. The van der Waals surface area contributed by atoms with Crippen LogP contribution >= 0.6 is 0 Å². The molecule has 0 spiro atoms. The van der Waals surface area contributed by atoms with Gasteiger partial charge in [0.15, 0.2) is 0 Å². The van der Waals surface area contributed by atoms with E-state index in [0.717, 1.165) is 29.7 Å². The number of benzene rings is 2. The van der Waals surface area contributed by atoms with Gasteiger partial charge in [0.1, 0.15) is 0 Å². The first-order chi connectivity index (χ1) is 12.2. The lowest BCUT2D eigenvalue weighted by Gasteiger charge is -2.30. The number of nitrogens with zero attached hydrogens (tertiary/aromatic N) is 1. The van der Waals surface area contributed by atoms with Crippen molar-refractivity contribution in [2.45, 2.75) is 38.5 Å². The topological polar surface area (TPSA) is 66.5 Å². The molecule has 2 aromatic carbocycles. The predicted molar refractivity (Wildman–Crippen MR) is 103 cm³/mol. The van der Waals surface area contributed by atoms with E-state index in [9.17, 15) is 13.2 Å². The van der Waals surface area contributed by atoms with Crippen molar-refractivity contribution < 1.29 is 13.2 Å². The predicted octanol–water partition coefficient (Wildman–Crippen LogP) is 3.11. The van der Waals surface area contributed by atoms with Crippen LogP contribution in [0.25, 0.3) is 0 Å². The Balaban J connectivity index is 2.08. The fourth-order valence-corrected chi connectivity index (χ4v) is 4.50. The van der Waals surface area contributed by atoms with Gasteiger partial charge < -0.3 is 4.90 Å². The summed E-state index contributed by atoms with van der Waals surface area (Å²) in [7, 11) is -2.25. The maximum absolute atomic E-state index is 13.2. The Labute approximate surface area is 155 Å². The molecule has 0 saturated carbocycles. The summed E-state index contributed by atoms with van der Waals surface area (Å²) in [5.41, 5.74) is 5.10. The zero-order valence-corrected chi connectivity index (χ0v) is 16.4. The fraction of sp³-hybridized carbons (Fsp3) is 0.350. The zero-order chi connectivity index (χ0) is 19.1. The first-order valence-corrected chi connectivity index (χ1v) is 10.2. The van der Waals surface area contributed by atoms with Crippen LogP contribution < -0.4 is 9.62 Å². The maximum atomic E-state index is 13.2. The molecule has 0 fully saturated rings. The normalized spacial score (nSPS) is 14.2. The van der Waals surface area contributed by atoms with Gasteiger partial charge in [0.25, 0.3) is 5.91 Å². The summed E-state index contributed by atoms with van der Waals surface area (Å²) < 4.78 is 27.0. The number of sulfonamides is 1. The second-order valence-corrected chi connectivity index (χ2v) is 8.67. The Kier molecular flexibility index (Phi) is 4.90. The standard InChI is InChI=1S/C20H24N2O3S/c1-13-7-8-18-16(10-13)6-5-9-22(18)20(23)17-11-14(2)15(3)19(12-17)26(24,25)21-4/h7-8,10-12,21H,5-6,9H2,1-4H3. The molecule has 1 aliphatic rings. The summed E-state index contributed by atoms with van der Waals surface area (Å²) in [4.78, 5) is 15.1. The van der Waals surface area contributed by atoms with Crippen molar-refractivity contribution in [3.8, 4) is 0 Å². The lowest BCUT2D eigenvalue weighted by atomic mass is 9.98. The number of hydrogen-bond donors (Lipinski definition) is 1. The van der Waals surface area contributed by atoms with Crippen LogP contribution in [0.15, 0.2) is 35.2 Å². The van der Waals surface area contributed by atoms with Gasteiger partial charge >= 0.3 is 0 Å². The van der Waals surface area contributed by atoms with Crippen LogP contribution in [0, 0.1) is 20.8 Å². The second kappa shape index (κ2) is 6.85. The third-order valence-electron chi connectivity index (χ3n) is 5.02. The van der Waals surface area contributed by atoms with Crippen molar-refractivity contribution >= 4 is 21.6 Å². The first kappa shape index (κ1) is 18.6. The van der Waals surface area contributed by atoms with E-state index in [1.54, 1.807) is 17.9 Å². The highest BCUT2D eigenvalue weighted by Crippen LogP contribution is 2.30. The van der Waals surface area contributed by atoms with Crippen LogP contribution in [0.2, 0.25) is 0 Å². The molecule has 3 rings (SSSR count). The van der Waals surface area contributed by atoms with Gasteiger partial charge in [-0.15, -0.1) is 0 Å². The molecular formula is C20H24N2O3S. The Bertz CT molecular complexity index is 981. The Morgan fingerprint density at radius 1 is 1.12 bits per heavy atom. The van der Waals surface area contributed by atoms with Crippen molar-refractivity contribution in [2.75, 3.05) is 18.5 Å². The van der Waals surface area contributed by atoms with Gasteiger partial charge in [-0.05, 0) is 75.5 Å². The first-order valence-electron chi connectivity index (χ1n) is 8.71. The average Bonchev–Trinajstić information content (AvgIpc) is 2.62. The number of aryl methyl sites for hydroxylation is 3. The quantitative estimate of drug-likeness (QED) is 0.900. The third kappa shape index (κ3) is 3.27. The van der Waals surface area contributed by atoms with Crippen LogP contribution in [0.3, 0.4) is 0 Å². The molecule has 1 amide bonds. The Morgan fingerprint density at radius 3 is 2.54 bits per heavy atom. The van der Waals surface area contributed by atoms with E-state index in [4.69, 9.17) is 0 Å². The molecule has 5 nitrogen and oxygen atoms in total. The summed E-state index contributed by atoms with van der Waals surface area (Å²) in [6, 6.07) is 9.36. The molecule has 2 aromatic rings. The molecule has 1 aliphatic heterocycles. The molecule has 0 bridgehead atoms. The van der Waals surface area contributed by atoms with E-state index in [2.05, 4.69) is 10.8 Å². The SMILES string of the molecule is CNS(=O)(=O)c1cc(C(=O)N2CCCc3cc(C)ccc32)cc(C)c1C. The summed E-state index contributed by atoms with van der Waals surface area (Å²) in [5, 5.41) is 0. The van der Waals surface area contributed by atoms with Crippen LogP contribution in [0.1, 0.15) is 39.0 Å². The van der Waals surface area contributed by atoms with E-state index in [-0.39, 0.29) is 10.8 Å². The van der Waals surface area contributed by atoms with Crippen molar-refractivity contribution in [3.05, 3.63) is 58.1 Å². The van der Waals surface area contributed by atoms with E-state index < -0.39 is 10.0 Å². The van der Waals surface area contributed by atoms with E-state index in [1.165, 1.54) is 18.7 Å². The van der Waals surface area contributed by atoms with Crippen LogP contribution in [-0.2, 0) is 16.4 Å². The van der Waals surface area contributed by atoms with Crippen molar-refractivity contribution in [3.63, 3.8) is 0 Å². The maximum Gasteiger partial charge on any atom is 0.258 e. The minimum absolute atomic E-state index is 0.157. The Hall–Kier alpha value is -2.18. The van der Waals surface area contributed by atoms with Gasteiger partial charge in [-0.2, -0.15) is 0 Å². The largest absolute Gasteiger partial charge is 0.308 e. The number of carbonyl (C=O) groups excluding carboxylic acids is 1. The highest BCUT2D eigenvalue weighted by molar-refractivity contribution is 7.89. The number of nitrogens with one attached hydrogen (secondary N) is 1. The molecule has 0 unspecified atom stereocenters. The summed E-state index contributed by atoms with van der Waals surface area (Å²) in [5.74, 6) is -0.162. The van der Waals surface area contributed by atoms with Crippen molar-refractivity contribution in [2.24, 2.45) is 0 Å². The van der Waals surface area contributed by atoms with Gasteiger partial charge in [-0.1, -0.05) is 17.7 Å². The van der Waals surface area contributed by atoms with Crippen molar-refractivity contribution in [1.82, 2.24) is 4.72 Å². The molecule has 138 valence electrons. The number of carbonyl (C=O) groups is 1. The van der Waals surface area contributed by atoms with Gasteiger partial charge in [-0.3, -0.25) is 4.79 Å². The lowest BCUT2D eigenvalue weighted by molar-refractivity contribution is 0.0985. The molecule has 1 N–H and O–H groups in total. The molecule has 0 atom stereocenters. The van der Waals surface area contributed by atoms with Crippen LogP contribution in [0.4, 0.5) is 5.69 Å². The molecule has 1 heterocycles. The lowest BCUT2D eigenvalue weighted by Crippen LogP contribution is -2.35. The monoisotopic (exact) mass is 372 g/mol. The molecular weight excluding hydrogens is 348 g/mol. The Morgan fingerprint density at radius 2 is 1.85 bits per heavy atom. The van der Waals surface area contributed by atoms with Crippen LogP contribution in [-0.4, -0.2) is 27.9 Å².